The second-order valence-corrected chi connectivity index (χ2v) is 6.05. The van der Waals surface area contributed by atoms with Gasteiger partial charge in [0.15, 0.2) is 5.84 Å². The lowest BCUT2D eigenvalue weighted by Gasteiger charge is -2.30. The average molecular weight is 271 g/mol. The van der Waals surface area contributed by atoms with Gasteiger partial charge in [0, 0.05) is 0 Å². The lowest BCUT2D eigenvalue weighted by atomic mass is 9.83. The third-order valence-corrected chi connectivity index (χ3v) is 3.23. The lowest BCUT2D eigenvalue weighted by Crippen LogP contribution is -2.51. The number of hydrogen-bond acceptors (Lipinski definition) is 4. The summed E-state index contributed by atoms with van der Waals surface area (Å²) >= 11 is 0. The van der Waals surface area contributed by atoms with Crippen LogP contribution in [0.2, 0.25) is 0 Å². The zero-order valence-corrected chi connectivity index (χ0v) is 12.0. The number of rotatable bonds is 3. The molecular formula is C13H25N3O3. The molecule has 1 rings (SSSR count). The molecule has 4 N–H and O–H groups in total. The third kappa shape index (κ3) is 5.36. The summed E-state index contributed by atoms with van der Waals surface area (Å²) in [5.74, 6) is 0.245. The van der Waals surface area contributed by atoms with Gasteiger partial charge in [-0.3, -0.25) is 0 Å². The first kappa shape index (κ1) is 15.6. The molecule has 0 saturated heterocycles. The van der Waals surface area contributed by atoms with E-state index in [-0.39, 0.29) is 11.8 Å². The number of alkyl carbamates (subject to hydrolysis) is 1. The predicted octanol–water partition coefficient (Wildman–Crippen LogP) is 2.21. The number of oxime groups is 1. The summed E-state index contributed by atoms with van der Waals surface area (Å²) in [6, 6.07) is -0.458. The topological polar surface area (TPSA) is 96.9 Å². The van der Waals surface area contributed by atoms with Gasteiger partial charge in [0.1, 0.15) is 5.60 Å². The smallest absolute Gasteiger partial charge is 0.408 e. The molecule has 6 nitrogen and oxygen atoms in total. The first-order chi connectivity index (χ1) is 8.83. The number of hydrogen-bond donors (Lipinski definition) is 3. The summed E-state index contributed by atoms with van der Waals surface area (Å²) < 4.78 is 5.21. The van der Waals surface area contributed by atoms with Crippen molar-refractivity contribution in [3.8, 4) is 0 Å². The van der Waals surface area contributed by atoms with Gasteiger partial charge in [-0.15, -0.1) is 0 Å². The fraction of sp³-hybridized carbons (Fsp3) is 0.846. The predicted molar refractivity (Wildman–Crippen MR) is 73.1 cm³/mol. The van der Waals surface area contributed by atoms with Gasteiger partial charge in [0.05, 0.1) is 6.04 Å². The van der Waals surface area contributed by atoms with Crippen LogP contribution in [0, 0.1) is 5.92 Å². The molecular weight excluding hydrogens is 246 g/mol. The Kier molecular flexibility index (Phi) is 5.44. The van der Waals surface area contributed by atoms with E-state index >= 15 is 0 Å². The average Bonchev–Trinajstić information content (AvgIpc) is 2.34. The molecule has 0 spiro atoms. The van der Waals surface area contributed by atoms with Crippen LogP contribution in [0.25, 0.3) is 0 Å². The van der Waals surface area contributed by atoms with Crippen molar-refractivity contribution in [2.45, 2.75) is 64.5 Å². The molecule has 0 aliphatic heterocycles. The van der Waals surface area contributed by atoms with Crippen LogP contribution in [0.1, 0.15) is 52.9 Å². The highest BCUT2D eigenvalue weighted by Crippen LogP contribution is 2.26. The monoisotopic (exact) mass is 271 g/mol. The van der Waals surface area contributed by atoms with E-state index in [2.05, 4.69) is 10.5 Å². The number of carbonyl (C=O) groups excluding carboxylic acids is 1. The SMILES string of the molecule is CC(C)(C)OC(=O)NC(C(N)=NO)C1CCCCC1. The van der Waals surface area contributed by atoms with Crippen LogP contribution in [0.3, 0.4) is 0 Å². The van der Waals surface area contributed by atoms with Crippen molar-refractivity contribution in [2.24, 2.45) is 16.8 Å². The Labute approximate surface area is 114 Å². The van der Waals surface area contributed by atoms with Crippen LogP contribution in [-0.2, 0) is 4.74 Å². The van der Waals surface area contributed by atoms with Crippen molar-refractivity contribution in [1.29, 1.82) is 0 Å². The molecule has 0 aromatic rings. The van der Waals surface area contributed by atoms with Crippen LogP contribution in [0.15, 0.2) is 5.16 Å². The van der Waals surface area contributed by atoms with E-state index < -0.39 is 17.7 Å². The Morgan fingerprint density at radius 1 is 1.37 bits per heavy atom. The minimum absolute atomic E-state index is 0.0396. The highest BCUT2D eigenvalue weighted by Gasteiger charge is 2.30. The maximum Gasteiger partial charge on any atom is 0.408 e. The fourth-order valence-corrected chi connectivity index (χ4v) is 2.40. The minimum Gasteiger partial charge on any atom is -0.444 e. The molecule has 6 heteroatoms. The summed E-state index contributed by atoms with van der Waals surface area (Å²) in [4.78, 5) is 11.8. The van der Waals surface area contributed by atoms with E-state index in [9.17, 15) is 4.79 Å². The van der Waals surface area contributed by atoms with E-state index in [1.807, 2.05) is 0 Å². The van der Waals surface area contributed by atoms with E-state index in [1.165, 1.54) is 6.42 Å². The van der Waals surface area contributed by atoms with E-state index in [0.29, 0.717) is 0 Å². The van der Waals surface area contributed by atoms with Crippen molar-refractivity contribution in [3.63, 3.8) is 0 Å². The van der Waals surface area contributed by atoms with Crippen LogP contribution >= 0.6 is 0 Å². The van der Waals surface area contributed by atoms with Gasteiger partial charge in [-0.2, -0.15) is 0 Å². The van der Waals surface area contributed by atoms with E-state index in [1.54, 1.807) is 20.8 Å². The summed E-state index contributed by atoms with van der Waals surface area (Å²) in [5, 5.41) is 14.6. The zero-order valence-electron chi connectivity index (χ0n) is 12.0. The molecule has 1 amide bonds. The number of nitrogens with two attached hydrogens (primary N) is 1. The van der Waals surface area contributed by atoms with Crippen molar-refractivity contribution < 1.29 is 14.7 Å². The number of ether oxygens (including phenoxy) is 1. The number of carbonyl (C=O) groups is 1. The molecule has 1 aliphatic rings. The highest BCUT2D eigenvalue weighted by atomic mass is 16.6. The second kappa shape index (κ2) is 6.63. The van der Waals surface area contributed by atoms with Crippen molar-refractivity contribution in [1.82, 2.24) is 5.32 Å². The maximum atomic E-state index is 11.8. The van der Waals surface area contributed by atoms with E-state index in [4.69, 9.17) is 15.7 Å². The molecule has 1 aliphatic carbocycles. The third-order valence-electron chi connectivity index (χ3n) is 3.23. The highest BCUT2D eigenvalue weighted by molar-refractivity contribution is 5.88. The van der Waals surface area contributed by atoms with Gasteiger partial charge in [-0.1, -0.05) is 24.4 Å². The molecule has 1 atom stereocenters. The second-order valence-electron chi connectivity index (χ2n) is 6.05. The Morgan fingerprint density at radius 2 is 1.95 bits per heavy atom. The molecule has 19 heavy (non-hydrogen) atoms. The van der Waals surface area contributed by atoms with Gasteiger partial charge in [-0.25, -0.2) is 4.79 Å². The fourth-order valence-electron chi connectivity index (χ4n) is 2.40. The molecule has 0 heterocycles. The summed E-state index contributed by atoms with van der Waals surface area (Å²) in [6.45, 7) is 5.39. The first-order valence-corrected chi connectivity index (χ1v) is 6.80. The van der Waals surface area contributed by atoms with Crippen LogP contribution in [-0.4, -0.2) is 28.8 Å². The molecule has 1 unspecified atom stereocenters. The van der Waals surface area contributed by atoms with Crippen molar-refractivity contribution in [3.05, 3.63) is 0 Å². The molecule has 1 fully saturated rings. The number of amides is 1. The lowest BCUT2D eigenvalue weighted by molar-refractivity contribution is 0.0498. The molecule has 0 aromatic heterocycles. The summed E-state index contributed by atoms with van der Waals surface area (Å²) in [6.07, 6.45) is 4.82. The molecule has 110 valence electrons. The van der Waals surface area contributed by atoms with Crippen LogP contribution in [0.5, 0.6) is 0 Å². The minimum atomic E-state index is -0.563. The molecule has 0 bridgehead atoms. The first-order valence-electron chi connectivity index (χ1n) is 6.80. The Balaban J connectivity index is 2.67. The number of nitrogens with one attached hydrogen (secondary N) is 1. The standard InChI is InChI=1S/C13H25N3O3/c1-13(2,3)19-12(17)15-10(11(14)16-18)9-7-5-4-6-8-9/h9-10,18H,4-8H2,1-3H3,(H2,14,16)(H,15,17). The molecule has 0 aromatic carbocycles. The number of nitrogens with zero attached hydrogens (tertiary/aromatic N) is 1. The van der Waals surface area contributed by atoms with Crippen molar-refractivity contribution >= 4 is 11.9 Å². The molecule has 0 radical (unpaired) electrons. The van der Waals surface area contributed by atoms with Gasteiger partial charge in [0.2, 0.25) is 0 Å². The summed E-state index contributed by atoms with van der Waals surface area (Å²) in [5.41, 5.74) is 5.13. The molecule has 1 saturated carbocycles. The van der Waals surface area contributed by atoms with Gasteiger partial charge in [0.25, 0.3) is 0 Å². The van der Waals surface area contributed by atoms with Crippen molar-refractivity contribution in [2.75, 3.05) is 0 Å². The largest absolute Gasteiger partial charge is 0.444 e. The van der Waals surface area contributed by atoms with E-state index in [0.717, 1.165) is 25.7 Å². The van der Waals surface area contributed by atoms with Gasteiger partial charge < -0.3 is 21.0 Å². The quantitative estimate of drug-likeness (QED) is 0.317. The Morgan fingerprint density at radius 3 is 2.42 bits per heavy atom. The zero-order chi connectivity index (χ0) is 14.5. The summed E-state index contributed by atoms with van der Waals surface area (Å²) in [7, 11) is 0. The Hall–Kier alpha value is -1.46. The van der Waals surface area contributed by atoms with Gasteiger partial charge >= 0.3 is 6.09 Å². The van der Waals surface area contributed by atoms with Gasteiger partial charge in [-0.05, 0) is 39.5 Å². The maximum absolute atomic E-state index is 11.8. The Bertz CT molecular complexity index is 331. The van der Waals surface area contributed by atoms with Crippen LogP contribution in [0.4, 0.5) is 4.79 Å². The normalized spacial score (nSPS) is 19.8. The van der Waals surface area contributed by atoms with Crippen LogP contribution < -0.4 is 11.1 Å². The number of amidine groups is 1.